The first-order valence-corrected chi connectivity index (χ1v) is 12.9. The highest BCUT2D eigenvalue weighted by atomic mass is 35.5. The average Bonchev–Trinajstić information content (AvgIpc) is 3.06. The quantitative estimate of drug-likeness (QED) is 0.242. The van der Waals surface area contributed by atoms with E-state index >= 15 is 0 Å². The van der Waals surface area contributed by atoms with Gasteiger partial charge in [-0.1, -0.05) is 11.6 Å². The predicted octanol–water partition coefficient (Wildman–Crippen LogP) is 1.33. The smallest absolute Gasteiger partial charge is 0.459 e. The number of aliphatic hydroxyl groups is 2. The standard InChI is InChI=1S/C22H29ClN3O10P/c1-12(2)34-19(29)13(3)25-37(32,36-15-7-5-14(23)6-8-15)33-11-16-18(28)22(4,31)20(35-16)26-10-9-17(27)24-21(26)30/h5-10,12-13,16,18,20,28,31H,11H2,1-4H3,(H,25,32)(H,24,27,30)/t13-,16+,18+,20+,22+,37?/m0/s1/i9D,11D2. The Balaban J connectivity index is 1.96. The number of H-pyrrole nitrogens is 1. The minimum atomic E-state index is -4.86. The first-order chi connectivity index (χ1) is 18.4. The molecule has 1 fully saturated rings. The number of hydrogen-bond acceptors (Lipinski definition) is 10. The van der Waals surface area contributed by atoms with E-state index in [4.69, 9.17) is 34.2 Å². The zero-order valence-electron chi connectivity index (χ0n) is 23.2. The summed E-state index contributed by atoms with van der Waals surface area (Å²) in [5.41, 5.74) is -4.51. The highest BCUT2D eigenvalue weighted by molar-refractivity contribution is 7.52. The van der Waals surface area contributed by atoms with E-state index in [1.165, 1.54) is 31.2 Å². The van der Waals surface area contributed by atoms with Crippen LogP contribution < -0.4 is 20.9 Å². The van der Waals surface area contributed by atoms with Crippen molar-refractivity contribution in [2.75, 3.05) is 6.56 Å². The fraction of sp³-hybridized carbons (Fsp3) is 0.500. The summed E-state index contributed by atoms with van der Waals surface area (Å²) in [4.78, 5) is 38.2. The van der Waals surface area contributed by atoms with Gasteiger partial charge in [0, 0.05) is 17.3 Å². The van der Waals surface area contributed by atoms with Gasteiger partial charge in [0.1, 0.15) is 29.6 Å². The summed E-state index contributed by atoms with van der Waals surface area (Å²) in [6, 6.07) is 3.37. The maximum Gasteiger partial charge on any atom is 0.459 e. The van der Waals surface area contributed by atoms with E-state index in [0.717, 1.165) is 13.1 Å². The Bertz CT molecular complexity index is 1400. The topological polar surface area (TPSA) is 178 Å². The molecular formula is C22H29ClN3O10P. The minimum absolute atomic E-state index is 0.0963. The van der Waals surface area contributed by atoms with Crippen molar-refractivity contribution in [3.05, 3.63) is 62.4 Å². The van der Waals surface area contributed by atoms with Crippen LogP contribution in [0.25, 0.3) is 0 Å². The van der Waals surface area contributed by atoms with E-state index in [0.29, 0.717) is 9.59 Å². The lowest BCUT2D eigenvalue weighted by Gasteiger charge is -2.27. The summed E-state index contributed by atoms with van der Waals surface area (Å²) in [7, 11) is -4.86. The number of halogens is 1. The Morgan fingerprint density at radius 1 is 1.38 bits per heavy atom. The number of carbonyl (C=O) groups is 1. The van der Waals surface area contributed by atoms with E-state index in [1.807, 2.05) is 4.98 Å². The van der Waals surface area contributed by atoms with Gasteiger partial charge in [0.25, 0.3) is 5.56 Å². The molecular weight excluding hydrogens is 533 g/mol. The summed E-state index contributed by atoms with van der Waals surface area (Å²) in [6.07, 6.45) is -5.81. The summed E-state index contributed by atoms with van der Waals surface area (Å²) in [6.45, 7) is 2.24. The number of hydrogen-bond donors (Lipinski definition) is 4. The van der Waals surface area contributed by atoms with Crippen LogP contribution >= 0.6 is 19.3 Å². The van der Waals surface area contributed by atoms with Gasteiger partial charge in [-0.05, 0) is 52.0 Å². The Labute approximate surface area is 221 Å². The molecule has 4 N–H and O–H groups in total. The van der Waals surface area contributed by atoms with Crippen LogP contribution in [0.1, 0.15) is 38.0 Å². The molecule has 0 saturated carbocycles. The third kappa shape index (κ3) is 7.08. The number of nitrogens with zero attached hydrogens (tertiary/aromatic N) is 1. The normalized spacial score (nSPS) is 27.6. The van der Waals surface area contributed by atoms with Crippen molar-refractivity contribution in [2.24, 2.45) is 0 Å². The Morgan fingerprint density at radius 2 is 2.03 bits per heavy atom. The molecule has 37 heavy (non-hydrogen) atoms. The van der Waals surface area contributed by atoms with Crippen molar-refractivity contribution >= 4 is 25.3 Å². The predicted molar refractivity (Wildman–Crippen MR) is 131 cm³/mol. The fourth-order valence-electron chi connectivity index (χ4n) is 3.25. The molecule has 3 rings (SSSR count). The Hall–Kier alpha value is -2.51. The Kier molecular flexibility index (Phi) is 7.70. The molecule has 6 atom stereocenters. The zero-order chi connectivity index (χ0) is 30.2. The van der Waals surface area contributed by atoms with Gasteiger partial charge in [0.05, 0.1) is 16.8 Å². The minimum Gasteiger partial charge on any atom is -0.462 e. The summed E-state index contributed by atoms with van der Waals surface area (Å²) >= 11 is 5.87. The van der Waals surface area contributed by atoms with E-state index in [9.17, 15) is 29.2 Å². The van der Waals surface area contributed by atoms with Gasteiger partial charge in [-0.3, -0.25) is 23.7 Å². The molecule has 204 valence electrons. The molecule has 2 heterocycles. The summed E-state index contributed by atoms with van der Waals surface area (Å²) < 4.78 is 60.2. The van der Waals surface area contributed by atoms with Crippen molar-refractivity contribution in [1.82, 2.24) is 14.6 Å². The molecule has 1 saturated heterocycles. The third-order valence-electron chi connectivity index (χ3n) is 5.09. The number of ether oxygens (including phenoxy) is 2. The van der Waals surface area contributed by atoms with Crippen molar-refractivity contribution < 1.29 is 42.2 Å². The molecule has 0 aliphatic carbocycles. The highest BCUT2D eigenvalue weighted by Gasteiger charge is 2.54. The summed E-state index contributed by atoms with van der Waals surface area (Å²) in [5.74, 6) is -0.955. The molecule has 2 aromatic rings. The molecule has 0 spiro atoms. The van der Waals surface area contributed by atoms with Gasteiger partial charge in [0.2, 0.25) is 0 Å². The maximum atomic E-state index is 13.8. The molecule has 1 aliphatic heterocycles. The van der Waals surface area contributed by atoms with Gasteiger partial charge >= 0.3 is 19.4 Å². The number of rotatable bonds is 10. The maximum absolute atomic E-state index is 13.8. The molecule has 15 heteroatoms. The molecule has 13 nitrogen and oxygen atoms in total. The van der Waals surface area contributed by atoms with Crippen LogP contribution in [0.3, 0.4) is 0 Å². The number of aliphatic hydroxyl groups excluding tert-OH is 1. The lowest BCUT2D eigenvalue weighted by molar-refractivity contribution is -0.149. The van der Waals surface area contributed by atoms with Gasteiger partial charge < -0.3 is 24.2 Å². The monoisotopic (exact) mass is 564 g/mol. The van der Waals surface area contributed by atoms with E-state index < -0.39 is 73.7 Å². The van der Waals surface area contributed by atoms with Crippen LogP contribution in [0.15, 0.2) is 46.1 Å². The van der Waals surface area contributed by atoms with Crippen LogP contribution in [-0.4, -0.2) is 62.2 Å². The molecule has 0 bridgehead atoms. The second-order valence-electron chi connectivity index (χ2n) is 8.61. The number of aromatic nitrogens is 2. The van der Waals surface area contributed by atoms with E-state index in [1.54, 1.807) is 13.8 Å². The molecule has 1 aliphatic rings. The van der Waals surface area contributed by atoms with Crippen LogP contribution in [0.5, 0.6) is 5.75 Å². The molecule has 1 unspecified atom stereocenters. The van der Waals surface area contributed by atoms with Gasteiger partial charge in [-0.2, -0.15) is 5.09 Å². The van der Waals surface area contributed by atoms with E-state index in [-0.39, 0.29) is 5.75 Å². The van der Waals surface area contributed by atoms with Crippen molar-refractivity contribution in [3.63, 3.8) is 0 Å². The summed E-state index contributed by atoms with van der Waals surface area (Å²) in [5, 5.41) is 24.4. The molecule has 0 radical (unpaired) electrons. The van der Waals surface area contributed by atoms with Crippen LogP contribution in [0.2, 0.25) is 5.02 Å². The van der Waals surface area contributed by atoms with Crippen molar-refractivity contribution in [2.45, 2.75) is 63.9 Å². The lowest BCUT2D eigenvalue weighted by Crippen LogP contribution is -2.47. The molecule has 1 aromatic carbocycles. The van der Waals surface area contributed by atoms with Crippen LogP contribution in [0.4, 0.5) is 0 Å². The van der Waals surface area contributed by atoms with E-state index in [2.05, 4.69) is 5.09 Å². The first-order valence-electron chi connectivity index (χ1n) is 12.5. The number of aromatic amines is 1. The van der Waals surface area contributed by atoms with Crippen molar-refractivity contribution in [1.29, 1.82) is 0 Å². The van der Waals surface area contributed by atoms with Crippen LogP contribution in [0, 0.1) is 0 Å². The molecule has 1 aromatic heterocycles. The van der Waals surface area contributed by atoms with Crippen molar-refractivity contribution in [3.8, 4) is 5.75 Å². The third-order valence-corrected chi connectivity index (χ3v) is 6.84. The highest BCUT2D eigenvalue weighted by Crippen LogP contribution is 2.47. The largest absolute Gasteiger partial charge is 0.462 e. The Morgan fingerprint density at radius 3 is 2.65 bits per heavy atom. The average molecular weight is 565 g/mol. The lowest BCUT2D eigenvalue weighted by atomic mass is 9.96. The van der Waals surface area contributed by atoms with Gasteiger partial charge in [-0.25, -0.2) is 9.36 Å². The first kappa shape index (κ1) is 24.8. The molecule has 0 amide bonds. The van der Waals surface area contributed by atoms with Gasteiger partial charge in [0.15, 0.2) is 6.23 Å². The number of carbonyl (C=O) groups excluding carboxylic acids is 1. The van der Waals surface area contributed by atoms with Crippen LogP contribution in [-0.2, 0) is 23.4 Å². The number of nitrogens with one attached hydrogen (secondary N) is 2. The zero-order valence-corrected chi connectivity index (χ0v) is 21.9. The SMILES string of the molecule is [2H]c1cn([C@@H]2O[C@H](C([2H])([2H])OP(=O)(N[C@@H](C)C(=O)OC(C)C)Oc3ccc(Cl)cc3)[C@@H](O)[C@@]2(C)O)c(=O)[nH]c1=O. The second-order valence-corrected chi connectivity index (χ2v) is 10.7. The number of benzene rings is 1. The fourth-order valence-corrected chi connectivity index (χ4v) is 4.74. The number of esters is 1. The second kappa shape index (κ2) is 11.5. The van der Waals surface area contributed by atoms with Gasteiger partial charge in [-0.15, -0.1) is 0 Å².